The first-order valence-corrected chi connectivity index (χ1v) is 12.1. The van der Waals surface area contributed by atoms with Gasteiger partial charge < -0.3 is 20.9 Å². The highest BCUT2D eigenvalue weighted by atomic mass is 19.1. The number of nitrogens with one attached hydrogen (secondary N) is 4. The van der Waals surface area contributed by atoms with Crippen molar-refractivity contribution in [2.75, 3.05) is 18.9 Å². The van der Waals surface area contributed by atoms with Crippen LogP contribution in [0.2, 0.25) is 0 Å². The molecule has 1 aliphatic rings. The van der Waals surface area contributed by atoms with Gasteiger partial charge in [0.15, 0.2) is 0 Å². The molecule has 0 bridgehead atoms. The monoisotopic (exact) mass is 484 g/mol. The van der Waals surface area contributed by atoms with Gasteiger partial charge in [-0.05, 0) is 78.9 Å². The van der Waals surface area contributed by atoms with E-state index in [1.807, 2.05) is 62.4 Å². The van der Waals surface area contributed by atoms with Gasteiger partial charge in [-0.2, -0.15) is 0 Å². The Morgan fingerprint density at radius 1 is 1.00 bits per heavy atom. The van der Waals surface area contributed by atoms with Gasteiger partial charge in [0.05, 0.1) is 5.69 Å². The number of halogens is 1. The fourth-order valence-electron chi connectivity index (χ4n) is 5.15. The van der Waals surface area contributed by atoms with Gasteiger partial charge in [0, 0.05) is 42.0 Å². The zero-order valence-corrected chi connectivity index (χ0v) is 20.5. The maximum atomic E-state index is 14.2. The van der Waals surface area contributed by atoms with Gasteiger partial charge in [-0.3, -0.25) is 9.59 Å². The molecule has 5 rings (SSSR count). The van der Waals surface area contributed by atoms with Crippen LogP contribution in [0.4, 0.5) is 10.1 Å². The van der Waals surface area contributed by atoms with Crippen molar-refractivity contribution in [2.24, 2.45) is 0 Å². The van der Waals surface area contributed by atoms with E-state index in [9.17, 15) is 14.0 Å². The lowest BCUT2D eigenvalue weighted by Gasteiger charge is -2.17. The quantitative estimate of drug-likeness (QED) is 0.297. The summed E-state index contributed by atoms with van der Waals surface area (Å²) in [7, 11) is 1.61. The standard InChI is InChI=1S/C29H29FN4O2/c1-16-7-9-23(30)27-26(16)22(17(2)33-27)11-12-32-29(36)25-15-21-14-19(8-10-24(21)34-25)18-5-4-6-20(13-18)28(35)31-3/h4-10,13-15,17,22,33-34H,11-12H2,1-3H3,(H,31,35)(H,32,36). The summed E-state index contributed by atoms with van der Waals surface area (Å²) in [5.74, 6) is -0.409. The van der Waals surface area contributed by atoms with Crippen LogP contribution in [0.5, 0.6) is 0 Å². The topological polar surface area (TPSA) is 86.0 Å². The number of hydrogen-bond acceptors (Lipinski definition) is 3. The zero-order chi connectivity index (χ0) is 25.4. The van der Waals surface area contributed by atoms with Crippen LogP contribution >= 0.6 is 0 Å². The summed E-state index contributed by atoms with van der Waals surface area (Å²) >= 11 is 0. The lowest BCUT2D eigenvalue weighted by molar-refractivity contribution is 0.0944. The maximum Gasteiger partial charge on any atom is 0.267 e. The molecule has 0 fully saturated rings. The molecule has 0 aliphatic carbocycles. The molecule has 4 aromatic rings. The number of aromatic nitrogens is 1. The summed E-state index contributed by atoms with van der Waals surface area (Å²) in [6.07, 6.45) is 0.712. The Morgan fingerprint density at radius 3 is 2.61 bits per heavy atom. The highest BCUT2D eigenvalue weighted by molar-refractivity contribution is 5.99. The van der Waals surface area contributed by atoms with E-state index < -0.39 is 0 Å². The molecule has 1 aliphatic heterocycles. The first kappa shape index (κ1) is 23.6. The van der Waals surface area contributed by atoms with Crippen molar-refractivity contribution in [3.63, 3.8) is 0 Å². The number of anilines is 1. The number of aromatic amines is 1. The second-order valence-electron chi connectivity index (χ2n) is 9.38. The summed E-state index contributed by atoms with van der Waals surface area (Å²) in [4.78, 5) is 28.1. The van der Waals surface area contributed by atoms with Crippen LogP contribution in [0.25, 0.3) is 22.0 Å². The Hall–Kier alpha value is -4.13. The molecular formula is C29H29FN4O2. The fraction of sp³-hybridized carbons (Fsp3) is 0.241. The average Bonchev–Trinajstić information content (AvgIpc) is 3.47. The smallest absolute Gasteiger partial charge is 0.267 e. The molecule has 0 radical (unpaired) electrons. The molecule has 184 valence electrons. The maximum absolute atomic E-state index is 14.2. The zero-order valence-electron chi connectivity index (χ0n) is 20.5. The number of rotatable bonds is 6. The van der Waals surface area contributed by atoms with E-state index in [0.29, 0.717) is 29.9 Å². The number of benzene rings is 3. The summed E-state index contributed by atoms with van der Waals surface area (Å²) in [5.41, 5.74) is 6.49. The van der Waals surface area contributed by atoms with Gasteiger partial charge in [-0.1, -0.05) is 24.3 Å². The normalized spacial score (nSPS) is 16.4. The minimum Gasteiger partial charge on any atom is -0.379 e. The van der Waals surface area contributed by atoms with Crippen molar-refractivity contribution in [3.8, 4) is 11.1 Å². The van der Waals surface area contributed by atoms with E-state index >= 15 is 0 Å². The summed E-state index contributed by atoms with van der Waals surface area (Å²) in [6.45, 7) is 4.53. The number of carbonyl (C=O) groups is 2. The van der Waals surface area contributed by atoms with Gasteiger partial charge >= 0.3 is 0 Å². The third kappa shape index (κ3) is 4.33. The van der Waals surface area contributed by atoms with Gasteiger partial charge in [-0.25, -0.2) is 4.39 Å². The Kier molecular flexibility index (Phi) is 6.22. The Labute approximate surface area is 209 Å². The predicted octanol–water partition coefficient (Wildman–Crippen LogP) is 5.36. The van der Waals surface area contributed by atoms with Crippen LogP contribution in [-0.2, 0) is 0 Å². The molecule has 1 aromatic heterocycles. The Balaban J connectivity index is 1.28. The molecule has 7 heteroatoms. The third-order valence-electron chi connectivity index (χ3n) is 7.05. The second kappa shape index (κ2) is 9.49. The lowest BCUT2D eigenvalue weighted by atomic mass is 9.89. The molecule has 2 unspecified atom stereocenters. The molecule has 3 aromatic carbocycles. The largest absolute Gasteiger partial charge is 0.379 e. The lowest BCUT2D eigenvalue weighted by Crippen LogP contribution is -2.27. The molecule has 0 saturated heterocycles. The molecule has 2 atom stereocenters. The van der Waals surface area contributed by atoms with Crippen LogP contribution in [0.1, 0.15) is 51.2 Å². The SMILES string of the molecule is CNC(=O)c1cccc(-c2ccc3[nH]c(C(=O)NCCC4c5c(C)ccc(F)c5NC4C)cc3c2)c1. The van der Waals surface area contributed by atoms with Crippen molar-refractivity contribution in [2.45, 2.75) is 32.2 Å². The highest BCUT2D eigenvalue weighted by Crippen LogP contribution is 2.41. The molecule has 2 heterocycles. The summed E-state index contributed by atoms with van der Waals surface area (Å²) in [6, 6.07) is 18.6. The number of amides is 2. The van der Waals surface area contributed by atoms with Crippen LogP contribution in [-0.4, -0.2) is 36.4 Å². The molecule has 36 heavy (non-hydrogen) atoms. The van der Waals surface area contributed by atoms with Gasteiger partial charge in [-0.15, -0.1) is 0 Å². The molecule has 0 saturated carbocycles. The van der Waals surface area contributed by atoms with Crippen LogP contribution in [0.15, 0.2) is 60.7 Å². The molecule has 0 spiro atoms. The average molecular weight is 485 g/mol. The van der Waals surface area contributed by atoms with Crippen LogP contribution < -0.4 is 16.0 Å². The van der Waals surface area contributed by atoms with Crippen molar-refractivity contribution in [1.82, 2.24) is 15.6 Å². The third-order valence-corrected chi connectivity index (χ3v) is 7.05. The molecule has 4 N–H and O–H groups in total. The van der Waals surface area contributed by atoms with Crippen molar-refractivity contribution >= 4 is 28.4 Å². The van der Waals surface area contributed by atoms with E-state index in [4.69, 9.17) is 0 Å². The Morgan fingerprint density at radius 2 is 1.81 bits per heavy atom. The first-order chi connectivity index (χ1) is 17.4. The van der Waals surface area contributed by atoms with Crippen molar-refractivity contribution in [1.29, 1.82) is 0 Å². The van der Waals surface area contributed by atoms with Crippen LogP contribution in [0.3, 0.4) is 0 Å². The van der Waals surface area contributed by atoms with E-state index in [0.717, 1.165) is 33.2 Å². The number of hydrogen-bond donors (Lipinski definition) is 4. The second-order valence-corrected chi connectivity index (χ2v) is 9.38. The number of fused-ring (bicyclic) bond motifs is 2. The van der Waals surface area contributed by atoms with Gasteiger partial charge in [0.1, 0.15) is 11.5 Å². The number of carbonyl (C=O) groups excluding carboxylic acids is 2. The minimum atomic E-state index is -0.230. The summed E-state index contributed by atoms with van der Waals surface area (Å²) in [5, 5.41) is 9.83. The van der Waals surface area contributed by atoms with Crippen molar-refractivity contribution < 1.29 is 14.0 Å². The molecular weight excluding hydrogens is 455 g/mol. The fourth-order valence-corrected chi connectivity index (χ4v) is 5.15. The van der Waals surface area contributed by atoms with E-state index in [2.05, 4.69) is 20.9 Å². The van der Waals surface area contributed by atoms with E-state index in [1.165, 1.54) is 6.07 Å². The van der Waals surface area contributed by atoms with E-state index in [1.54, 1.807) is 13.1 Å². The minimum absolute atomic E-state index is 0.0981. The molecule has 2 amide bonds. The predicted molar refractivity (Wildman–Crippen MR) is 141 cm³/mol. The van der Waals surface area contributed by atoms with E-state index in [-0.39, 0.29) is 29.6 Å². The Bertz CT molecular complexity index is 1480. The van der Waals surface area contributed by atoms with Gasteiger partial charge in [0.25, 0.3) is 11.8 Å². The number of aryl methyl sites for hydroxylation is 1. The highest BCUT2D eigenvalue weighted by Gasteiger charge is 2.32. The first-order valence-electron chi connectivity index (χ1n) is 12.1. The van der Waals surface area contributed by atoms with Crippen LogP contribution in [0, 0.1) is 12.7 Å². The summed E-state index contributed by atoms with van der Waals surface area (Å²) < 4.78 is 14.2. The number of H-pyrrole nitrogens is 1. The van der Waals surface area contributed by atoms with Crippen molar-refractivity contribution in [3.05, 3.63) is 88.9 Å². The molecule has 6 nitrogen and oxygen atoms in total. The van der Waals surface area contributed by atoms with Gasteiger partial charge in [0.2, 0.25) is 0 Å².